The van der Waals surface area contributed by atoms with Crippen molar-refractivity contribution in [2.75, 3.05) is 12.4 Å². The number of aromatic nitrogens is 4. The Kier molecular flexibility index (Phi) is 3.50. The molecule has 0 atom stereocenters. The molecule has 0 aliphatic rings. The number of nitrogens with zero attached hydrogens (tertiary/aromatic N) is 4. The van der Waals surface area contributed by atoms with Crippen LogP contribution in [0.25, 0.3) is 10.2 Å². The molecule has 1 N–H and O–H groups in total. The molecule has 3 aromatic rings. The first kappa shape index (κ1) is 13.8. The van der Waals surface area contributed by atoms with Gasteiger partial charge in [0, 0.05) is 25.0 Å². The Labute approximate surface area is 126 Å². The third-order valence-electron chi connectivity index (χ3n) is 3.14. The molecular weight excluding hydrogens is 286 g/mol. The second-order valence-electron chi connectivity index (χ2n) is 4.74. The fourth-order valence-corrected chi connectivity index (χ4v) is 3.05. The summed E-state index contributed by atoms with van der Waals surface area (Å²) in [6.45, 7) is 4.06. The van der Waals surface area contributed by atoms with Gasteiger partial charge in [-0.05, 0) is 19.4 Å². The van der Waals surface area contributed by atoms with E-state index in [9.17, 15) is 0 Å². The van der Waals surface area contributed by atoms with Gasteiger partial charge in [0.15, 0.2) is 0 Å². The summed E-state index contributed by atoms with van der Waals surface area (Å²) in [5.74, 6) is 1.78. The monoisotopic (exact) mass is 303 g/mol. The minimum absolute atomic E-state index is 0.556. The minimum Gasteiger partial charge on any atom is -0.420 e. The third-order valence-corrected chi connectivity index (χ3v) is 4.31. The summed E-state index contributed by atoms with van der Waals surface area (Å²) in [6.07, 6.45) is 0.972. The van der Waals surface area contributed by atoms with Gasteiger partial charge in [-0.2, -0.15) is 10.1 Å². The lowest BCUT2D eigenvalue weighted by atomic mass is 10.3. The predicted molar refractivity (Wildman–Crippen MR) is 84.4 cm³/mol. The molecular formula is C14H17N5OS. The largest absolute Gasteiger partial charge is 0.420 e. The topological polar surface area (TPSA) is 64.9 Å². The lowest BCUT2D eigenvalue weighted by Crippen LogP contribution is -2.00. The van der Waals surface area contributed by atoms with Crippen molar-refractivity contribution in [1.29, 1.82) is 0 Å². The standard InChI is InChI=1S/C14H17N5OS/c1-5-9-7-10-12(16-14(15-3)17-13(10)21-9)20-11-6-8(2)18-19(11)4/h6-7H,5H2,1-4H3,(H,15,16,17). The number of nitrogens with one attached hydrogen (secondary N) is 1. The van der Waals surface area contributed by atoms with Crippen LogP contribution in [0.5, 0.6) is 11.8 Å². The number of thiophene rings is 1. The zero-order valence-corrected chi connectivity index (χ0v) is 13.3. The van der Waals surface area contributed by atoms with Gasteiger partial charge in [0.2, 0.25) is 17.7 Å². The molecule has 0 aliphatic heterocycles. The number of hydrogen-bond donors (Lipinski definition) is 1. The van der Waals surface area contributed by atoms with Gasteiger partial charge < -0.3 is 10.1 Å². The SMILES string of the molecule is CCc1cc2c(Oc3cc(C)nn3C)nc(NC)nc2s1. The molecule has 3 heterocycles. The quantitative estimate of drug-likeness (QED) is 0.802. The van der Waals surface area contributed by atoms with Crippen LogP contribution < -0.4 is 10.1 Å². The normalized spacial score (nSPS) is 11.0. The van der Waals surface area contributed by atoms with Crippen LogP contribution in [0.4, 0.5) is 5.95 Å². The molecule has 0 aliphatic carbocycles. The van der Waals surface area contributed by atoms with Crippen molar-refractivity contribution >= 4 is 27.5 Å². The zero-order chi connectivity index (χ0) is 15.0. The van der Waals surface area contributed by atoms with Gasteiger partial charge in [-0.25, -0.2) is 9.67 Å². The number of anilines is 1. The Morgan fingerprint density at radius 1 is 1.33 bits per heavy atom. The molecule has 0 aromatic carbocycles. The third kappa shape index (κ3) is 2.56. The smallest absolute Gasteiger partial charge is 0.234 e. The van der Waals surface area contributed by atoms with Crippen molar-refractivity contribution in [3.63, 3.8) is 0 Å². The van der Waals surface area contributed by atoms with E-state index in [-0.39, 0.29) is 0 Å². The lowest BCUT2D eigenvalue weighted by molar-refractivity contribution is 0.420. The molecule has 0 unspecified atom stereocenters. The van der Waals surface area contributed by atoms with Crippen molar-refractivity contribution in [2.45, 2.75) is 20.3 Å². The highest BCUT2D eigenvalue weighted by Crippen LogP contribution is 2.34. The van der Waals surface area contributed by atoms with Crippen molar-refractivity contribution in [3.8, 4) is 11.8 Å². The van der Waals surface area contributed by atoms with E-state index in [2.05, 4.69) is 33.4 Å². The average Bonchev–Trinajstić information content (AvgIpc) is 3.01. The van der Waals surface area contributed by atoms with Crippen LogP contribution in [0, 0.1) is 6.92 Å². The Balaban J connectivity index is 2.11. The van der Waals surface area contributed by atoms with E-state index >= 15 is 0 Å². The van der Waals surface area contributed by atoms with Crippen molar-refractivity contribution in [2.24, 2.45) is 7.05 Å². The molecule has 0 bridgehead atoms. The van der Waals surface area contributed by atoms with Crippen molar-refractivity contribution < 1.29 is 4.74 Å². The molecule has 0 saturated carbocycles. The molecule has 0 fully saturated rings. The first-order chi connectivity index (χ1) is 10.1. The Hall–Kier alpha value is -2.15. The molecule has 110 valence electrons. The number of hydrogen-bond acceptors (Lipinski definition) is 6. The second-order valence-corrected chi connectivity index (χ2v) is 5.85. The van der Waals surface area contributed by atoms with Crippen LogP contribution in [0.3, 0.4) is 0 Å². The molecule has 0 saturated heterocycles. The molecule has 3 rings (SSSR count). The molecule has 0 radical (unpaired) electrons. The highest BCUT2D eigenvalue weighted by atomic mass is 32.1. The lowest BCUT2D eigenvalue weighted by Gasteiger charge is -2.07. The van der Waals surface area contributed by atoms with Gasteiger partial charge >= 0.3 is 0 Å². The van der Waals surface area contributed by atoms with E-state index in [1.165, 1.54) is 4.88 Å². The minimum atomic E-state index is 0.556. The summed E-state index contributed by atoms with van der Waals surface area (Å²) in [4.78, 5) is 11.1. The van der Waals surface area contributed by atoms with Gasteiger partial charge in [-0.1, -0.05) is 6.92 Å². The Morgan fingerprint density at radius 3 is 2.76 bits per heavy atom. The van der Waals surface area contributed by atoms with Crippen LogP contribution in [-0.4, -0.2) is 26.8 Å². The first-order valence-electron chi connectivity index (χ1n) is 6.77. The molecule has 6 nitrogen and oxygen atoms in total. The van der Waals surface area contributed by atoms with E-state index in [4.69, 9.17) is 4.74 Å². The summed E-state index contributed by atoms with van der Waals surface area (Å²) in [5, 5.41) is 8.20. The maximum Gasteiger partial charge on any atom is 0.234 e. The van der Waals surface area contributed by atoms with Crippen LogP contribution in [0.15, 0.2) is 12.1 Å². The highest BCUT2D eigenvalue weighted by molar-refractivity contribution is 7.18. The summed E-state index contributed by atoms with van der Waals surface area (Å²) in [7, 11) is 3.65. The number of fused-ring (bicyclic) bond motifs is 1. The van der Waals surface area contributed by atoms with Crippen molar-refractivity contribution in [3.05, 3.63) is 22.7 Å². The average molecular weight is 303 g/mol. The van der Waals surface area contributed by atoms with E-state index < -0.39 is 0 Å². The van der Waals surface area contributed by atoms with E-state index in [0.29, 0.717) is 17.7 Å². The molecule has 0 spiro atoms. The van der Waals surface area contributed by atoms with E-state index in [0.717, 1.165) is 22.3 Å². The van der Waals surface area contributed by atoms with E-state index in [1.807, 2.05) is 20.0 Å². The second kappa shape index (κ2) is 5.33. The molecule has 0 amide bonds. The summed E-state index contributed by atoms with van der Waals surface area (Å²) < 4.78 is 7.66. The maximum atomic E-state index is 5.96. The molecule has 21 heavy (non-hydrogen) atoms. The number of aryl methyl sites for hydroxylation is 3. The van der Waals surface area contributed by atoms with Gasteiger partial charge in [0.25, 0.3) is 0 Å². The predicted octanol–water partition coefficient (Wildman–Crippen LogP) is 3.13. The summed E-state index contributed by atoms with van der Waals surface area (Å²) in [5.41, 5.74) is 0.909. The van der Waals surface area contributed by atoms with Crippen LogP contribution in [0.2, 0.25) is 0 Å². The fraction of sp³-hybridized carbons (Fsp3) is 0.357. The van der Waals surface area contributed by atoms with Crippen LogP contribution >= 0.6 is 11.3 Å². The van der Waals surface area contributed by atoms with Gasteiger partial charge in [0.05, 0.1) is 11.1 Å². The summed E-state index contributed by atoms with van der Waals surface area (Å²) in [6, 6.07) is 3.98. The first-order valence-corrected chi connectivity index (χ1v) is 7.59. The van der Waals surface area contributed by atoms with Gasteiger partial charge in [-0.15, -0.1) is 11.3 Å². The number of rotatable bonds is 4. The van der Waals surface area contributed by atoms with Crippen LogP contribution in [0.1, 0.15) is 17.5 Å². The van der Waals surface area contributed by atoms with Gasteiger partial charge in [-0.3, -0.25) is 0 Å². The van der Waals surface area contributed by atoms with E-state index in [1.54, 1.807) is 23.1 Å². The highest BCUT2D eigenvalue weighted by Gasteiger charge is 2.14. The maximum absolute atomic E-state index is 5.96. The molecule has 3 aromatic heterocycles. The zero-order valence-electron chi connectivity index (χ0n) is 12.5. The number of ether oxygens (including phenoxy) is 1. The van der Waals surface area contributed by atoms with Gasteiger partial charge in [0.1, 0.15) is 4.83 Å². The van der Waals surface area contributed by atoms with Crippen LogP contribution in [-0.2, 0) is 13.5 Å². The van der Waals surface area contributed by atoms with Crippen molar-refractivity contribution in [1.82, 2.24) is 19.7 Å². The molecule has 7 heteroatoms. The Bertz CT molecular complexity index is 792. The summed E-state index contributed by atoms with van der Waals surface area (Å²) >= 11 is 1.67. The fourth-order valence-electron chi connectivity index (χ4n) is 2.09. The Morgan fingerprint density at radius 2 is 2.14 bits per heavy atom.